The summed E-state index contributed by atoms with van der Waals surface area (Å²) in [5.41, 5.74) is 4.17. The second kappa shape index (κ2) is 8.59. The first-order valence-electron chi connectivity index (χ1n) is 10.0. The number of aliphatic hydroxyl groups is 1. The van der Waals surface area contributed by atoms with Gasteiger partial charge in [-0.25, -0.2) is 0 Å². The summed E-state index contributed by atoms with van der Waals surface area (Å²) in [7, 11) is 1.64. The van der Waals surface area contributed by atoms with Crippen molar-refractivity contribution in [1.29, 1.82) is 0 Å². The van der Waals surface area contributed by atoms with Crippen molar-refractivity contribution >= 4 is 0 Å². The smallest absolute Gasteiger partial charge is 0.0900 e. The van der Waals surface area contributed by atoms with E-state index in [0.29, 0.717) is 19.2 Å². The van der Waals surface area contributed by atoms with Crippen molar-refractivity contribution in [2.75, 3.05) is 20.3 Å². The molecule has 4 heteroatoms. The highest BCUT2D eigenvalue weighted by atomic mass is 16.5. The van der Waals surface area contributed by atoms with E-state index >= 15 is 0 Å². The molecule has 0 radical (unpaired) electrons. The number of hydrogen-bond acceptors (Lipinski definition) is 3. The maximum Gasteiger partial charge on any atom is 0.0900 e. The zero-order chi connectivity index (χ0) is 19.4. The van der Waals surface area contributed by atoms with Crippen LogP contribution >= 0.6 is 0 Å². The summed E-state index contributed by atoms with van der Waals surface area (Å²) in [5, 5.41) is 10.1. The van der Waals surface area contributed by atoms with E-state index in [0.717, 1.165) is 13.1 Å². The highest BCUT2D eigenvalue weighted by Crippen LogP contribution is 2.29. The van der Waals surface area contributed by atoms with Gasteiger partial charge in [0.15, 0.2) is 0 Å². The molecule has 1 aromatic carbocycles. The third-order valence-corrected chi connectivity index (χ3v) is 5.33. The Kier molecular flexibility index (Phi) is 6.40. The molecule has 4 nitrogen and oxygen atoms in total. The molecule has 1 aliphatic carbocycles. The van der Waals surface area contributed by atoms with E-state index in [-0.39, 0.29) is 5.41 Å². The second-order valence-electron chi connectivity index (χ2n) is 8.84. The molecular formula is C23H34N2O2. The lowest BCUT2D eigenvalue weighted by Gasteiger charge is -2.25. The molecule has 1 atom stereocenters. The monoisotopic (exact) mass is 370 g/mol. The number of nitrogens with zero attached hydrogens (tertiary/aromatic N) is 2. The number of methoxy groups -OCH3 is 1. The van der Waals surface area contributed by atoms with Crippen LogP contribution in [0.4, 0.5) is 0 Å². The number of ether oxygens (including phenoxy) is 1. The van der Waals surface area contributed by atoms with Crippen LogP contribution in [0.5, 0.6) is 0 Å². The van der Waals surface area contributed by atoms with Gasteiger partial charge in [-0.15, -0.1) is 0 Å². The van der Waals surface area contributed by atoms with Gasteiger partial charge in [0, 0.05) is 44.7 Å². The van der Waals surface area contributed by atoms with Crippen LogP contribution in [0.3, 0.4) is 0 Å². The molecule has 1 aromatic heterocycles. The zero-order valence-corrected chi connectivity index (χ0v) is 17.2. The fourth-order valence-electron chi connectivity index (χ4n) is 3.56. The lowest BCUT2D eigenvalue weighted by molar-refractivity contribution is 0.0332. The summed E-state index contributed by atoms with van der Waals surface area (Å²) < 4.78 is 7.42. The minimum absolute atomic E-state index is 0.185. The van der Waals surface area contributed by atoms with E-state index in [9.17, 15) is 5.11 Å². The van der Waals surface area contributed by atoms with E-state index in [1.165, 1.54) is 29.7 Å². The molecule has 1 heterocycles. The molecule has 0 aliphatic heterocycles. The summed E-state index contributed by atoms with van der Waals surface area (Å²) >= 11 is 0. The standard InChI is InChI=1S/C23H34N2O2/c1-23(2,3)19-9-7-18(8-10-19)14-24-13-5-6-21(24)15-25(20-11-12-20)16-22(26)17-27-4/h5-10,13,20,22,26H,11-12,14-17H2,1-4H3/t22-/m0/s1. The molecule has 1 N–H and O–H groups in total. The van der Waals surface area contributed by atoms with Gasteiger partial charge >= 0.3 is 0 Å². The third kappa shape index (κ3) is 5.68. The lowest BCUT2D eigenvalue weighted by atomic mass is 9.87. The number of rotatable bonds is 9. The van der Waals surface area contributed by atoms with Crippen LogP contribution in [0.15, 0.2) is 42.6 Å². The van der Waals surface area contributed by atoms with Crippen molar-refractivity contribution in [1.82, 2.24) is 9.47 Å². The molecule has 1 fully saturated rings. The summed E-state index contributed by atoms with van der Waals surface area (Å²) in [6.07, 6.45) is 4.19. The zero-order valence-electron chi connectivity index (χ0n) is 17.2. The van der Waals surface area contributed by atoms with Gasteiger partial charge in [0.1, 0.15) is 0 Å². The normalized spacial score (nSPS) is 16.1. The topological polar surface area (TPSA) is 37.6 Å². The van der Waals surface area contributed by atoms with Gasteiger partial charge in [-0.1, -0.05) is 45.0 Å². The Bertz CT molecular complexity index is 711. The maximum absolute atomic E-state index is 10.1. The molecule has 2 aromatic rings. The van der Waals surface area contributed by atoms with Gasteiger partial charge in [-0.3, -0.25) is 4.90 Å². The van der Waals surface area contributed by atoms with E-state index in [2.05, 4.69) is 72.8 Å². The predicted octanol–water partition coefficient (Wildman–Crippen LogP) is 3.81. The minimum atomic E-state index is -0.427. The third-order valence-electron chi connectivity index (χ3n) is 5.33. The van der Waals surface area contributed by atoms with Crippen LogP contribution < -0.4 is 0 Å². The van der Waals surface area contributed by atoms with Gasteiger partial charge in [0.05, 0.1) is 12.7 Å². The van der Waals surface area contributed by atoms with Crippen molar-refractivity contribution in [3.8, 4) is 0 Å². The maximum atomic E-state index is 10.1. The van der Waals surface area contributed by atoms with E-state index in [1.54, 1.807) is 7.11 Å². The van der Waals surface area contributed by atoms with E-state index in [4.69, 9.17) is 4.74 Å². The summed E-state index contributed by atoms with van der Waals surface area (Å²) in [5.74, 6) is 0. The Labute approximate surface area is 163 Å². The molecule has 27 heavy (non-hydrogen) atoms. The van der Waals surface area contributed by atoms with Crippen molar-refractivity contribution in [3.63, 3.8) is 0 Å². The highest BCUT2D eigenvalue weighted by molar-refractivity contribution is 5.28. The molecule has 148 valence electrons. The summed E-state index contributed by atoms with van der Waals surface area (Å²) in [4.78, 5) is 2.40. The van der Waals surface area contributed by atoms with E-state index in [1.807, 2.05) is 0 Å². The van der Waals surface area contributed by atoms with Crippen LogP contribution in [0.1, 0.15) is 50.4 Å². The largest absolute Gasteiger partial charge is 0.389 e. The SMILES string of the molecule is COC[C@@H](O)CN(Cc1cccn1Cc1ccc(C(C)(C)C)cc1)C1CC1. The summed E-state index contributed by atoms with van der Waals surface area (Å²) in [6, 6.07) is 13.9. The first kappa shape index (κ1) is 20.1. The van der Waals surface area contributed by atoms with Crippen LogP contribution in [-0.4, -0.2) is 47.0 Å². The molecule has 0 spiro atoms. The van der Waals surface area contributed by atoms with Crippen molar-refractivity contribution in [2.24, 2.45) is 0 Å². The first-order valence-corrected chi connectivity index (χ1v) is 10.0. The number of aliphatic hydroxyl groups excluding tert-OH is 1. The van der Waals surface area contributed by atoms with Gasteiger partial charge < -0.3 is 14.4 Å². The molecule has 0 amide bonds. The molecule has 3 rings (SSSR count). The van der Waals surface area contributed by atoms with Crippen LogP contribution in [0, 0.1) is 0 Å². The molecule has 1 saturated carbocycles. The highest BCUT2D eigenvalue weighted by Gasteiger charge is 2.30. The number of aromatic nitrogens is 1. The minimum Gasteiger partial charge on any atom is -0.389 e. The number of hydrogen-bond donors (Lipinski definition) is 1. The Balaban J connectivity index is 1.66. The second-order valence-corrected chi connectivity index (χ2v) is 8.84. The fraction of sp³-hybridized carbons (Fsp3) is 0.565. The Hall–Kier alpha value is -1.62. The van der Waals surface area contributed by atoms with Crippen molar-refractivity contribution in [3.05, 3.63) is 59.4 Å². The van der Waals surface area contributed by atoms with Crippen LogP contribution in [-0.2, 0) is 23.2 Å². The average molecular weight is 371 g/mol. The Morgan fingerprint density at radius 2 is 1.89 bits per heavy atom. The number of benzene rings is 1. The molecule has 0 unspecified atom stereocenters. The first-order chi connectivity index (χ1) is 12.9. The van der Waals surface area contributed by atoms with Gasteiger partial charge in [-0.2, -0.15) is 0 Å². The van der Waals surface area contributed by atoms with Gasteiger partial charge in [-0.05, 0) is 41.5 Å². The molecule has 0 saturated heterocycles. The van der Waals surface area contributed by atoms with Crippen molar-refractivity contribution < 1.29 is 9.84 Å². The quantitative estimate of drug-likeness (QED) is 0.729. The van der Waals surface area contributed by atoms with E-state index < -0.39 is 6.10 Å². The Morgan fingerprint density at radius 1 is 1.19 bits per heavy atom. The van der Waals surface area contributed by atoms with Crippen LogP contribution in [0.2, 0.25) is 0 Å². The Morgan fingerprint density at radius 3 is 2.48 bits per heavy atom. The molecule has 0 bridgehead atoms. The average Bonchev–Trinajstić information content (AvgIpc) is 3.37. The molecule has 1 aliphatic rings. The lowest BCUT2D eigenvalue weighted by Crippen LogP contribution is -2.36. The van der Waals surface area contributed by atoms with Gasteiger partial charge in [0.25, 0.3) is 0 Å². The summed E-state index contributed by atoms with van der Waals surface area (Å²) in [6.45, 7) is 9.56. The van der Waals surface area contributed by atoms with Crippen molar-refractivity contribution in [2.45, 2.75) is 64.3 Å². The van der Waals surface area contributed by atoms with Crippen LogP contribution in [0.25, 0.3) is 0 Å². The van der Waals surface area contributed by atoms with Gasteiger partial charge in [0.2, 0.25) is 0 Å². The fourth-order valence-corrected chi connectivity index (χ4v) is 3.56. The predicted molar refractivity (Wildman–Crippen MR) is 110 cm³/mol. The molecular weight excluding hydrogens is 336 g/mol.